The molecule has 1 aliphatic rings. The third-order valence-electron chi connectivity index (χ3n) is 4.34. The molecule has 1 saturated heterocycles. The number of likely N-dealkylation sites (N-methyl/N-ethyl adjacent to an activating group) is 1. The molecule has 106 valence electrons. The molecule has 3 rings (SSSR count). The summed E-state index contributed by atoms with van der Waals surface area (Å²) >= 11 is 0. The van der Waals surface area contributed by atoms with Crippen LogP contribution < -0.4 is 5.73 Å². The van der Waals surface area contributed by atoms with Gasteiger partial charge in [0.2, 0.25) is 5.91 Å². The molecule has 1 aromatic heterocycles. The quantitative estimate of drug-likeness (QED) is 0.891. The van der Waals surface area contributed by atoms with Gasteiger partial charge in [0.25, 0.3) is 0 Å². The van der Waals surface area contributed by atoms with Crippen molar-refractivity contribution in [2.24, 2.45) is 5.73 Å². The maximum atomic E-state index is 11.1. The number of nitrogens with two attached hydrogens (primary N) is 1. The van der Waals surface area contributed by atoms with Crippen LogP contribution in [-0.4, -0.2) is 35.4 Å². The summed E-state index contributed by atoms with van der Waals surface area (Å²) in [6, 6.07) is 6.74. The summed E-state index contributed by atoms with van der Waals surface area (Å²) in [6.07, 6.45) is 6.03. The second-order valence-corrected chi connectivity index (χ2v) is 5.82. The van der Waals surface area contributed by atoms with Gasteiger partial charge in [-0.15, -0.1) is 0 Å². The minimum absolute atomic E-state index is 0.281. The molecule has 0 bridgehead atoms. The Morgan fingerprint density at radius 1 is 1.50 bits per heavy atom. The minimum atomic E-state index is -0.281. The zero-order valence-electron chi connectivity index (χ0n) is 11.9. The van der Waals surface area contributed by atoms with Gasteiger partial charge in [0.1, 0.15) is 0 Å². The van der Waals surface area contributed by atoms with Crippen LogP contribution in [0.25, 0.3) is 10.9 Å². The minimum Gasteiger partial charge on any atom is -0.369 e. The lowest BCUT2D eigenvalue weighted by Crippen LogP contribution is -2.26. The monoisotopic (exact) mass is 271 g/mol. The predicted octanol–water partition coefficient (Wildman–Crippen LogP) is 1.83. The Balaban J connectivity index is 1.88. The van der Waals surface area contributed by atoms with Crippen LogP contribution in [-0.2, 0) is 17.6 Å². The average Bonchev–Trinajstić information content (AvgIpc) is 2.97. The second kappa shape index (κ2) is 5.29. The molecule has 0 saturated carbocycles. The molecular weight excluding hydrogens is 250 g/mol. The molecule has 0 spiro atoms. The van der Waals surface area contributed by atoms with E-state index in [-0.39, 0.29) is 5.91 Å². The summed E-state index contributed by atoms with van der Waals surface area (Å²) in [6.45, 7) is 1.19. The fourth-order valence-electron chi connectivity index (χ4n) is 3.20. The van der Waals surface area contributed by atoms with Crippen molar-refractivity contribution in [3.8, 4) is 0 Å². The Labute approximate surface area is 118 Å². The first-order valence-electron chi connectivity index (χ1n) is 7.21. The Kier molecular flexibility index (Phi) is 3.49. The molecule has 1 aliphatic heterocycles. The fraction of sp³-hybridized carbons (Fsp3) is 0.438. The highest BCUT2D eigenvalue weighted by atomic mass is 16.1. The lowest BCUT2D eigenvalue weighted by Gasteiger charge is -2.18. The summed E-state index contributed by atoms with van der Waals surface area (Å²) in [5.41, 5.74) is 8.74. The zero-order chi connectivity index (χ0) is 14.1. The van der Waals surface area contributed by atoms with E-state index in [0.29, 0.717) is 12.5 Å². The van der Waals surface area contributed by atoms with Gasteiger partial charge in [-0.25, -0.2) is 0 Å². The number of hydrogen-bond acceptors (Lipinski definition) is 2. The highest BCUT2D eigenvalue weighted by molar-refractivity contribution is 5.85. The third-order valence-corrected chi connectivity index (χ3v) is 4.34. The fourth-order valence-corrected chi connectivity index (χ4v) is 3.20. The summed E-state index contributed by atoms with van der Waals surface area (Å²) in [7, 11) is 2.20. The normalized spacial score (nSPS) is 19.8. The average molecular weight is 271 g/mol. The number of carbonyl (C=O) groups is 1. The Morgan fingerprint density at radius 3 is 3.05 bits per heavy atom. The Morgan fingerprint density at radius 2 is 2.35 bits per heavy atom. The number of carbonyl (C=O) groups excluding carboxylic acids is 1. The number of H-pyrrole nitrogens is 1. The van der Waals surface area contributed by atoms with Crippen molar-refractivity contribution in [3.05, 3.63) is 35.5 Å². The number of nitrogens with one attached hydrogen (secondary N) is 1. The number of benzene rings is 1. The number of amides is 1. The van der Waals surface area contributed by atoms with Gasteiger partial charge < -0.3 is 15.6 Å². The summed E-state index contributed by atoms with van der Waals surface area (Å²) in [4.78, 5) is 16.8. The van der Waals surface area contributed by atoms with Crippen molar-refractivity contribution in [1.82, 2.24) is 9.88 Å². The molecule has 20 heavy (non-hydrogen) atoms. The van der Waals surface area contributed by atoms with Gasteiger partial charge in [0, 0.05) is 23.1 Å². The van der Waals surface area contributed by atoms with Crippen LogP contribution in [0.2, 0.25) is 0 Å². The molecule has 2 heterocycles. The van der Waals surface area contributed by atoms with Gasteiger partial charge in [-0.1, -0.05) is 6.07 Å². The Hall–Kier alpha value is -1.81. The predicted molar refractivity (Wildman–Crippen MR) is 80.6 cm³/mol. The number of aromatic nitrogens is 1. The topological polar surface area (TPSA) is 62.1 Å². The van der Waals surface area contributed by atoms with Gasteiger partial charge in [-0.2, -0.15) is 0 Å². The van der Waals surface area contributed by atoms with Crippen molar-refractivity contribution >= 4 is 16.8 Å². The van der Waals surface area contributed by atoms with Crippen molar-refractivity contribution in [2.45, 2.75) is 31.7 Å². The van der Waals surface area contributed by atoms with E-state index in [4.69, 9.17) is 5.73 Å². The summed E-state index contributed by atoms with van der Waals surface area (Å²) < 4.78 is 0. The number of nitrogens with zero attached hydrogens (tertiary/aromatic N) is 1. The maximum absolute atomic E-state index is 11.1. The largest absolute Gasteiger partial charge is 0.369 e. The van der Waals surface area contributed by atoms with Crippen molar-refractivity contribution in [3.63, 3.8) is 0 Å². The van der Waals surface area contributed by atoms with E-state index in [9.17, 15) is 4.79 Å². The zero-order valence-corrected chi connectivity index (χ0v) is 11.9. The van der Waals surface area contributed by atoms with E-state index in [1.807, 2.05) is 12.1 Å². The molecule has 4 heteroatoms. The molecule has 4 nitrogen and oxygen atoms in total. The van der Waals surface area contributed by atoms with E-state index in [2.05, 4.69) is 29.2 Å². The van der Waals surface area contributed by atoms with Crippen molar-refractivity contribution < 1.29 is 4.79 Å². The van der Waals surface area contributed by atoms with Crippen LogP contribution in [0.4, 0.5) is 0 Å². The van der Waals surface area contributed by atoms with Gasteiger partial charge in [-0.3, -0.25) is 4.79 Å². The summed E-state index contributed by atoms with van der Waals surface area (Å²) in [5, 5.41) is 1.23. The molecule has 3 N–H and O–H groups in total. The van der Waals surface area contributed by atoms with E-state index < -0.39 is 0 Å². The van der Waals surface area contributed by atoms with Crippen molar-refractivity contribution in [1.29, 1.82) is 0 Å². The number of hydrogen-bond donors (Lipinski definition) is 2. The van der Waals surface area contributed by atoms with Crippen LogP contribution in [0, 0.1) is 0 Å². The number of primary amides is 1. The van der Waals surface area contributed by atoms with Crippen LogP contribution in [0.15, 0.2) is 24.4 Å². The number of aromatic amines is 1. The first-order chi connectivity index (χ1) is 9.63. The Bertz CT molecular complexity index is 632. The highest BCUT2D eigenvalue weighted by Crippen LogP contribution is 2.25. The first-order valence-corrected chi connectivity index (χ1v) is 7.21. The number of fused-ring (bicyclic) bond motifs is 1. The molecule has 0 radical (unpaired) electrons. The van der Waals surface area contributed by atoms with E-state index >= 15 is 0 Å². The molecule has 2 aromatic rings. The van der Waals surface area contributed by atoms with E-state index in [1.54, 1.807) is 0 Å². The van der Waals surface area contributed by atoms with E-state index in [0.717, 1.165) is 17.5 Å². The van der Waals surface area contributed by atoms with Gasteiger partial charge in [0.05, 0.1) is 6.42 Å². The van der Waals surface area contributed by atoms with Crippen LogP contribution in [0.5, 0.6) is 0 Å². The molecule has 1 amide bonds. The van der Waals surface area contributed by atoms with E-state index in [1.165, 1.54) is 30.3 Å². The maximum Gasteiger partial charge on any atom is 0.221 e. The molecule has 1 fully saturated rings. The third kappa shape index (κ3) is 2.56. The SMILES string of the molecule is CN1CCCC1Cc1c[nH]c2ccc(CC(N)=O)cc12. The van der Waals surface area contributed by atoms with Gasteiger partial charge in [-0.05, 0) is 56.1 Å². The standard InChI is InChI=1S/C16H21N3O/c1-19-6-2-3-13(19)9-12-10-18-15-5-4-11(7-14(12)15)8-16(17)20/h4-5,7,10,13,18H,2-3,6,8-9H2,1H3,(H2,17,20). The smallest absolute Gasteiger partial charge is 0.221 e. The lowest BCUT2D eigenvalue weighted by molar-refractivity contribution is -0.117. The molecule has 1 atom stereocenters. The molecule has 1 aromatic carbocycles. The highest BCUT2D eigenvalue weighted by Gasteiger charge is 2.22. The molecule has 0 aliphatic carbocycles. The molecule has 1 unspecified atom stereocenters. The number of rotatable bonds is 4. The number of likely N-dealkylation sites (tertiary alicyclic amines) is 1. The van der Waals surface area contributed by atoms with Crippen LogP contribution >= 0.6 is 0 Å². The lowest BCUT2D eigenvalue weighted by atomic mass is 10.0. The van der Waals surface area contributed by atoms with Crippen molar-refractivity contribution in [2.75, 3.05) is 13.6 Å². The van der Waals surface area contributed by atoms with Crippen LogP contribution in [0.3, 0.4) is 0 Å². The molecular formula is C16H21N3O. The second-order valence-electron chi connectivity index (χ2n) is 5.82. The summed E-state index contributed by atoms with van der Waals surface area (Å²) in [5.74, 6) is -0.281. The van der Waals surface area contributed by atoms with Gasteiger partial charge in [0.15, 0.2) is 0 Å². The van der Waals surface area contributed by atoms with Crippen LogP contribution in [0.1, 0.15) is 24.0 Å². The first kappa shape index (κ1) is 13.2. The van der Waals surface area contributed by atoms with Gasteiger partial charge >= 0.3 is 0 Å².